The summed E-state index contributed by atoms with van der Waals surface area (Å²) in [4.78, 5) is 7.11. The minimum atomic E-state index is 0.442. The molecule has 1 aliphatic rings. The molecule has 0 saturated carbocycles. The number of morpholine rings is 1. The first-order valence-electron chi connectivity index (χ1n) is 6.58. The van der Waals surface area contributed by atoms with Crippen LogP contribution in [0.1, 0.15) is 12.7 Å². The number of imidazole rings is 1. The van der Waals surface area contributed by atoms with E-state index in [0.29, 0.717) is 6.04 Å². The van der Waals surface area contributed by atoms with Crippen molar-refractivity contribution < 1.29 is 4.74 Å². The fourth-order valence-electron chi connectivity index (χ4n) is 2.54. The summed E-state index contributed by atoms with van der Waals surface area (Å²) in [5.74, 6) is 1.08. The number of aryl methyl sites for hydroxylation is 1. The third-order valence-electron chi connectivity index (χ3n) is 3.79. The van der Waals surface area contributed by atoms with Gasteiger partial charge in [-0.25, -0.2) is 4.98 Å². The Labute approximate surface area is 117 Å². The first-order valence-corrected chi connectivity index (χ1v) is 6.95. The van der Waals surface area contributed by atoms with Crippen LogP contribution in [0.15, 0.2) is 18.2 Å². The lowest BCUT2D eigenvalue weighted by molar-refractivity contribution is -0.00576. The lowest BCUT2D eigenvalue weighted by Crippen LogP contribution is -2.43. The highest BCUT2D eigenvalue weighted by Crippen LogP contribution is 2.21. The molecular formula is C14H18ClN3O. The third kappa shape index (κ3) is 2.48. The maximum absolute atomic E-state index is 6.02. The van der Waals surface area contributed by atoms with Gasteiger partial charge >= 0.3 is 0 Å². The quantitative estimate of drug-likeness (QED) is 0.846. The highest BCUT2D eigenvalue weighted by Gasteiger charge is 2.21. The van der Waals surface area contributed by atoms with Crippen LogP contribution in [-0.4, -0.2) is 40.3 Å². The van der Waals surface area contributed by atoms with Gasteiger partial charge in [-0.15, -0.1) is 0 Å². The van der Waals surface area contributed by atoms with Crippen molar-refractivity contribution in [1.82, 2.24) is 14.5 Å². The van der Waals surface area contributed by atoms with Crippen LogP contribution >= 0.6 is 11.6 Å². The second kappa shape index (κ2) is 5.12. The van der Waals surface area contributed by atoms with Crippen molar-refractivity contribution in [1.29, 1.82) is 0 Å². The molecular weight excluding hydrogens is 262 g/mol. The summed E-state index contributed by atoms with van der Waals surface area (Å²) in [6.45, 7) is 5.62. The Bertz CT molecular complexity index is 596. The Kier molecular flexibility index (Phi) is 3.48. The standard InChI is InChI=1S/C14H18ClN3O/c1-10-9-19-6-5-18(10)8-14-16-12-7-11(15)3-4-13(12)17(14)2/h3-4,7,10H,5-6,8-9H2,1-2H3. The molecule has 0 N–H and O–H groups in total. The van der Waals surface area contributed by atoms with E-state index in [1.807, 2.05) is 18.2 Å². The normalized spacial score (nSPS) is 21.1. The first kappa shape index (κ1) is 12.9. The van der Waals surface area contributed by atoms with Crippen molar-refractivity contribution in [3.05, 3.63) is 29.0 Å². The molecule has 2 heterocycles. The molecule has 0 bridgehead atoms. The molecule has 1 saturated heterocycles. The molecule has 0 spiro atoms. The zero-order valence-corrected chi connectivity index (χ0v) is 12.0. The number of hydrogen-bond acceptors (Lipinski definition) is 3. The molecule has 1 unspecified atom stereocenters. The van der Waals surface area contributed by atoms with Crippen LogP contribution in [0, 0.1) is 0 Å². The molecule has 0 radical (unpaired) electrons. The number of fused-ring (bicyclic) bond motifs is 1. The van der Waals surface area contributed by atoms with Gasteiger partial charge in [0.15, 0.2) is 0 Å². The van der Waals surface area contributed by atoms with E-state index >= 15 is 0 Å². The molecule has 1 aliphatic heterocycles. The number of nitrogens with zero attached hydrogens (tertiary/aromatic N) is 3. The molecule has 1 aromatic carbocycles. The monoisotopic (exact) mass is 279 g/mol. The fourth-order valence-corrected chi connectivity index (χ4v) is 2.71. The first-order chi connectivity index (χ1) is 9.15. The summed E-state index contributed by atoms with van der Waals surface area (Å²) in [7, 11) is 2.06. The van der Waals surface area contributed by atoms with Gasteiger partial charge in [0, 0.05) is 24.7 Å². The van der Waals surface area contributed by atoms with Crippen molar-refractivity contribution in [3.63, 3.8) is 0 Å². The van der Waals surface area contributed by atoms with Crippen molar-refractivity contribution in [2.45, 2.75) is 19.5 Å². The lowest BCUT2D eigenvalue weighted by atomic mass is 10.2. The number of aromatic nitrogens is 2. The molecule has 1 fully saturated rings. The molecule has 4 nitrogen and oxygen atoms in total. The zero-order chi connectivity index (χ0) is 13.4. The van der Waals surface area contributed by atoms with Crippen LogP contribution < -0.4 is 0 Å². The van der Waals surface area contributed by atoms with Gasteiger partial charge in [-0.3, -0.25) is 4.90 Å². The van der Waals surface area contributed by atoms with E-state index in [0.717, 1.165) is 48.2 Å². The van der Waals surface area contributed by atoms with Crippen molar-refractivity contribution in [3.8, 4) is 0 Å². The molecule has 1 atom stereocenters. The minimum Gasteiger partial charge on any atom is -0.379 e. The van der Waals surface area contributed by atoms with Crippen LogP contribution in [0.25, 0.3) is 11.0 Å². The predicted molar refractivity (Wildman–Crippen MR) is 76.4 cm³/mol. The summed E-state index contributed by atoms with van der Waals surface area (Å²) in [6.07, 6.45) is 0. The highest BCUT2D eigenvalue weighted by molar-refractivity contribution is 6.31. The summed E-state index contributed by atoms with van der Waals surface area (Å²) in [5.41, 5.74) is 2.09. The summed E-state index contributed by atoms with van der Waals surface area (Å²) >= 11 is 6.02. The zero-order valence-electron chi connectivity index (χ0n) is 11.3. The van der Waals surface area contributed by atoms with Crippen molar-refractivity contribution in [2.24, 2.45) is 7.05 Å². The Balaban J connectivity index is 1.90. The van der Waals surface area contributed by atoms with Gasteiger partial charge in [-0.05, 0) is 25.1 Å². The van der Waals surface area contributed by atoms with E-state index in [-0.39, 0.29) is 0 Å². The molecule has 1 aromatic heterocycles. The number of halogens is 1. The largest absolute Gasteiger partial charge is 0.379 e. The number of benzene rings is 1. The van der Waals surface area contributed by atoms with Gasteiger partial charge in [0.05, 0.1) is 30.8 Å². The van der Waals surface area contributed by atoms with Gasteiger partial charge in [-0.2, -0.15) is 0 Å². The SMILES string of the molecule is CC1COCCN1Cc1nc2cc(Cl)ccc2n1C. The molecule has 0 amide bonds. The van der Waals surface area contributed by atoms with Crippen LogP contribution in [0.2, 0.25) is 5.02 Å². The van der Waals surface area contributed by atoms with Gasteiger partial charge in [0.2, 0.25) is 0 Å². The van der Waals surface area contributed by atoms with E-state index in [2.05, 4.69) is 23.4 Å². The third-order valence-corrected chi connectivity index (χ3v) is 4.02. The minimum absolute atomic E-state index is 0.442. The molecule has 3 rings (SSSR count). The Morgan fingerprint density at radius 3 is 3.11 bits per heavy atom. The maximum atomic E-state index is 6.02. The molecule has 19 heavy (non-hydrogen) atoms. The second-order valence-corrected chi connectivity index (χ2v) is 5.55. The lowest BCUT2D eigenvalue weighted by Gasteiger charge is -2.32. The highest BCUT2D eigenvalue weighted by atomic mass is 35.5. The van der Waals surface area contributed by atoms with Gasteiger partial charge < -0.3 is 9.30 Å². The van der Waals surface area contributed by atoms with Crippen LogP contribution in [0.3, 0.4) is 0 Å². The van der Waals surface area contributed by atoms with Crippen LogP contribution in [0.5, 0.6) is 0 Å². The van der Waals surface area contributed by atoms with Crippen molar-refractivity contribution >= 4 is 22.6 Å². The number of ether oxygens (including phenoxy) is 1. The molecule has 102 valence electrons. The van der Waals surface area contributed by atoms with Crippen molar-refractivity contribution in [2.75, 3.05) is 19.8 Å². The van der Waals surface area contributed by atoms with Crippen LogP contribution in [0.4, 0.5) is 0 Å². The average Bonchev–Trinajstić information content (AvgIpc) is 2.68. The van der Waals surface area contributed by atoms with Gasteiger partial charge in [0.1, 0.15) is 5.82 Å². The second-order valence-electron chi connectivity index (χ2n) is 5.11. The Morgan fingerprint density at radius 1 is 1.47 bits per heavy atom. The average molecular weight is 280 g/mol. The van der Waals surface area contributed by atoms with E-state index in [1.54, 1.807) is 0 Å². The smallest absolute Gasteiger partial charge is 0.123 e. The summed E-state index contributed by atoms with van der Waals surface area (Å²) < 4.78 is 7.61. The van der Waals surface area contributed by atoms with E-state index < -0.39 is 0 Å². The number of hydrogen-bond donors (Lipinski definition) is 0. The number of rotatable bonds is 2. The van der Waals surface area contributed by atoms with E-state index in [1.165, 1.54) is 0 Å². The Morgan fingerprint density at radius 2 is 2.32 bits per heavy atom. The summed E-state index contributed by atoms with van der Waals surface area (Å²) in [6, 6.07) is 6.30. The topological polar surface area (TPSA) is 30.3 Å². The fraction of sp³-hybridized carbons (Fsp3) is 0.500. The Hall–Kier alpha value is -1.10. The van der Waals surface area contributed by atoms with E-state index in [4.69, 9.17) is 21.3 Å². The summed E-state index contributed by atoms with van der Waals surface area (Å²) in [5, 5.41) is 0.733. The predicted octanol–water partition coefficient (Wildman–Crippen LogP) is 2.45. The molecule has 2 aromatic rings. The van der Waals surface area contributed by atoms with E-state index in [9.17, 15) is 0 Å². The molecule has 0 aliphatic carbocycles. The van der Waals surface area contributed by atoms with Crippen LogP contribution in [-0.2, 0) is 18.3 Å². The maximum Gasteiger partial charge on any atom is 0.123 e. The van der Waals surface area contributed by atoms with Gasteiger partial charge in [0.25, 0.3) is 0 Å². The van der Waals surface area contributed by atoms with Gasteiger partial charge in [-0.1, -0.05) is 11.6 Å². The molecule has 5 heteroatoms.